The Labute approximate surface area is 437 Å². The fraction of sp³-hybridized carbons (Fsp3) is 0.263. The minimum Gasteiger partial charge on any atom is -0.194 e. The molecule has 0 N–H and O–H groups in total. The molecule has 378 valence electrons. The number of benzene rings is 4. The summed E-state index contributed by atoms with van der Waals surface area (Å²) >= 11 is 3.89. The molecule has 5 aliphatic carbocycles. The van der Waals surface area contributed by atoms with Gasteiger partial charge in [-0.25, -0.2) is 0 Å². The van der Waals surface area contributed by atoms with Crippen molar-refractivity contribution in [3.63, 3.8) is 0 Å². The van der Waals surface area contributed by atoms with Crippen molar-refractivity contribution in [3.8, 4) is 23.3 Å². The molecule has 4 unspecified atom stereocenters. The molecular weight excluding hydrogens is 1070 g/mol. The average Bonchev–Trinajstić information content (AvgIpc) is 4.21. The number of nitriles is 2. The molecule has 2 saturated carbocycles. The highest BCUT2D eigenvalue weighted by atomic mass is 32.2. The lowest BCUT2D eigenvalue weighted by Gasteiger charge is -2.48. The largest absolute Gasteiger partial charge is 0.380 e. The molecule has 75 heavy (non-hydrogen) atoms. The molecule has 0 spiro atoms. The number of allylic oxidation sites excluding steroid dienone is 10. The molecular formula is C57H32F12N2S4. The minimum absolute atomic E-state index is 0.114. The molecule has 0 saturated heterocycles. The van der Waals surface area contributed by atoms with Crippen molar-refractivity contribution in [2.75, 3.05) is 0 Å². The van der Waals surface area contributed by atoms with Gasteiger partial charge in [-0.05, 0) is 132 Å². The Bertz CT molecular complexity index is 3530. The Morgan fingerprint density at radius 2 is 0.667 bits per heavy atom. The van der Waals surface area contributed by atoms with Gasteiger partial charge in [-0.15, -0.1) is 47.0 Å². The summed E-state index contributed by atoms with van der Waals surface area (Å²) in [5, 5.41) is 19.0. The van der Waals surface area contributed by atoms with E-state index in [0.29, 0.717) is 33.4 Å². The van der Waals surface area contributed by atoms with E-state index in [9.17, 15) is 10.5 Å². The SMILES string of the molecule is CC12SC(c3ccc(C#N)cc3)=CC1=C1C(=C3C=C(C4(C5=CC6=C7C(=C8C=C(c9ccc(C#N)cc9)SC8(C)C6(C)S5)C(F)(F)C(F)(F)C7(F)F)c5ccccc5-c5ccccc54)SC32C)C(F)(F)C(F)(F)C1(F)F. The maximum absolute atomic E-state index is 16.9. The van der Waals surface area contributed by atoms with Crippen LogP contribution in [0.25, 0.3) is 20.9 Å². The number of thioether (sulfide) groups is 4. The van der Waals surface area contributed by atoms with E-state index in [-0.39, 0.29) is 30.7 Å². The summed E-state index contributed by atoms with van der Waals surface area (Å²) in [6, 6.07) is 29.6. The Hall–Kier alpha value is -5.66. The maximum Gasteiger partial charge on any atom is 0.380 e. The van der Waals surface area contributed by atoms with Crippen molar-refractivity contribution >= 4 is 56.9 Å². The molecule has 4 aromatic carbocycles. The van der Waals surface area contributed by atoms with Crippen molar-refractivity contribution in [2.24, 2.45) is 0 Å². The van der Waals surface area contributed by atoms with Crippen LogP contribution >= 0.6 is 47.0 Å². The summed E-state index contributed by atoms with van der Waals surface area (Å²) in [7, 11) is 0. The molecule has 0 radical (unpaired) electrons. The molecule has 0 amide bonds. The van der Waals surface area contributed by atoms with Crippen LogP contribution in [0.5, 0.6) is 0 Å². The maximum atomic E-state index is 16.9. The highest BCUT2D eigenvalue weighted by Crippen LogP contribution is 2.80. The van der Waals surface area contributed by atoms with Gasteiger partial charge in [-0.3, -0.25) is 0 Å². The highest BCUT2D eigenvalue weighted by Gasteiger charge is 2.86. The number of alkyl halides is 12. The smallest absolute Gasteiger partial charge is 0.194 e. The van der Waals surface area contributed by atoms with Gasteiger partial charge in [0, 0.05) is 41.9 Å². The van der Waals surface area contributed by atoms with Gasteiger partial charge in [0.25, 0.3) is 0 Å². The first kappa shape index (κ1) is 48.9. The zero-order chi connectivity index (χ0) is 53.4. The van der Waals surface area contributed by atoms with Crippen LogP contribution in [0.1, 0.15) is 61.1 Å². The first-order valence-corrected chi connectivity index (χ1v) is 26.5. The van der Waals surface area contributed by atoms with Gasteiger partial charge in [0.1, 0.15) is 0 Å². The molecule has 4 atom stereocenters. The second-order valence-electron chi connectivity index (χ2n) is 20.4. The quantitative estimate of drug-likeness (QED) is 0.190. The summed E-state index contributed by atoms with van der Waals surface area (Å²) in [5.74, 6) is -33.6. The summed E-state index contributed by atoms with van der Waals surface area (Å²) in [4.78, 5) is 0.759. The summed E-state index contributed by atoms with van der Waals surface area (Å²) in [6.45, 7) is 6.05. The number of halogens is 12. The third-order valence-electron chi connectivity index (χ3n) is 16.9. The van der Waals surface area contributed by atoms with Crippen LogP contribution in [0.4, 0.5) is 52.7 Å². The predicted octanol–water partition coefficient (Wildman–Crippen LogP) is 16.6. The summed E-state index contributed by atoms with van der Waals surface area (Å²) < 4.78 is 192. The number of fused-ring (bicyclic) bond motifs is 11. The van der Waals surface area contributed by atoms with E-state index in [2.05, 4.69) is 0 Å². The van der Waals surface area contributed by atoms with Crippen LogP contribution in [0, 0.1) is 22.7 Å². The Kier molecular flexibility index (Phi) is 9.44. The van der Waals surface area contributed by atoms with Crippen LogP contribution in [0.2, 0.25) is 0 Å². The molecule has 0 aromatic heterocycles. The third-order valence-corrected chi connectivity index (χ3v) is 23.8. The van der Waals surface area contributed by atoms with E-state index >= 15 is 52.7 Å². The molecule has 9 aliphatic rings. The fourth-order valence-electron chi connectivity index (χ4n) is 12.8. The Morgan fingerprint density at radius 3 is 0.987 bits per heavy atom. The fourth-order valence-corrected chi connectivity index (χ4v) is 19.6. The van der Waals surface area contributed by atoms with Gasteiger partial charge in [-0.1, -0.05) is 72.8 Å². The van der Waals surface area contributed by atoms with Crippen LogP contribution in [0.3, 0.4) is 0 Å². The van der Waals surface area contributed by atoms with Crippen molar-refractivity contribution in [3.05, 3.63) is 209 Å². The van der Waals surface area contributed by atoms with Crippen LogP contribution in [0.15, 0.2) is 176 Å². The summed E-state index contributed by atoms with van der Waals surface area (Å²) in [6.07, 6.45) is 4.86. The van der Waals surface area contributed by atoms with E-state index in [0.717, 1.165) is 47.0 Å². The average molecular weight is 1100 g/mol. The lowest BCUT2D eigenvalue weighted by Crippen LogP contribution is -2.49. The molecule has 4 aromatic rings. The molecule has 2 nitrogen and oxygen atoms in total. The van der Waals surface area contributed by atoms with E-state index in [4.69, 9.17) is 0 Å². The van der Waals surface area contributed by atoms with E-state index in [1.165, 1.54) is 101 Å². The topological polar surface area (TPSA) is 47.6 Å². The first-order chi connectivity index (χ1) is 35.1. The van der Waals surface area contributed by atoms with Gasteiger partial charge < -0.3 is 0 Å². The second kappa shape index (κ2) is 14.5. The standard InChI is InChI=1S/C57H32F12N2S4/c1-47-35(21-39(72-47)29-17-13-27(25-70)14-18-29)43-45(54(62,63)56(66,67)52(43,58)59)37-23-41(74-49(37,47)3)51(33-11-7-5-9-31(33)32-10-6-8-12-34(32)51)42-24-38-46-44(53(60,61)57(68,69)55(46,64)65)36-22-40(30-19-15-28(26-71)16-20-30)73-48(36,2)50(38,4)75-42/h5-24H,1-4H3. The molecule has 13 rings (SSSR count). The van der Waals surface area contributed by atoms with Crippen LogP contribution in [-0.4, -0.2) is 54.5 Å². The van der Waals surface area contributed by atoms with Crippen LogP contribution < -0.4 is 0 Å². The zero-order valence-corrected chi connectivity index (χ0v) is 42.4. The van der Waals surface area contributed by atoms with Crippen molar-refractivity contribution in [2.45, 2.75) is 87.6 Å². The lowest BCUT2D eigenvalue weighted by molar-refractivity contribution is -0.258. The van der Waals surface area contributed by atoms with E-state index < -0.39 is 105 Å². The van der Waals surface area contributed by atoms with Crippen LogP contribution in [-0.2, 0) is 5.41 Å². The Morgan fingerprint density at radius 1 is 0.373 bits per heavy atom. The highest BCUT2D eigenvalue weighted by molar-refractivity contribution is 8.13. The third kappa shape index (κ3) is 5.29. The monoisotopic (exact) mass is 1100 g/mol. The van der Waals surface area contributed by atoms with E-state index in [1.54, 1.807) is 48.5 Å². The lowest BCUT2D eigenvalue weighted by atomic mass is 9.69. The van der Waals surface area contributed by atoms with E-state index in [1.807, 2.05) is 12.1 Å². The molecule has 4 aliphatic heterocycles. The molecule has 2 fully saturated rings. The minimum atomic E-state index is -5.92. The molecule has 4 heterocycles. The predicted molar refractivity (Wildman–Crippen MR) is 269 cm³/mol. The van der Waals surface area contributed by atoms with Crippen molar-refractivity contribution < 1.29 is 52.7 Å². The van der Waals surface area contributed by atoms with Gasteiger partial charge in [0.2, 0.25) is 0 Å². The van der Waals surface area contributed by atoms with Gasteiger partial charge in [0.15, 0.2) is 0 Å². The van der Waals surface area contributed by atoms with Gasteiger partial charge in [0.05, 0.1) is 47.7 Å². The molecule has 0 bridgehead atoms. The van der Waals surface area contributed by atoms with Crippen molar-refractivity contribution in [1.82, 2.24) is 0 Å². The normalized spacial score (nSPS) is 31.5. The zero-order valence-electron chi connectivity index (χ0n) is 39.1. The first-order valence-electron chi connectivity index (χ1n) is 23.2. The summed E-state index contributed by atoms with van der Waals surface area (Å²) in [5.41, 5.74) is -6.82. The van der Waals surface area contributed by atoms with Gasteiger partial charge in [-0.2, -0.15) is 63.2 Å². The number of rotatable bonds is 4. The van der Waals surface area contributed by atoms with Crippen molar-refractivity contribution in [1.29, 1.82) is 10.5 Å². The second-order valence-corrected chi connectivity index (χ2v) is 26.2. The number of hydrogen-bond donors (Lipinski definition) is 0. The molecule has 18 heteroatoms. The number of hydrogen-bond acceptors (Lipinski definition) is 6. The van der Waals surface area contributed by atoms with Gasteiger partial charge >= 0.3 is 35.5 Å². The Balaban J connectivity index is 1.08. The number of nitrogens with zero attached hydrogens (tertiary/aromatic N) is 2.